The van der Waals surface area contributed by atoms with E-state index in [4.69, 9.17) is 5.11 Å². The number of hydrogen-bond acceptors (Lipinski definition) is 2. The van der Waals surface area contributed by atoms with Gasteiger partial charge in [0.15, 0.2) is 0 Å². The summed E-state index contributed by atoms with van der Waals surface area (Å²) in [5.74, 6) is -1.49. The molecule has 0 bridgehead atoms. The van der Waals surface area contributed by atoms with Crippen LogP contribution in [0.2, 0.25) is 0 Å². The van der Waals surface area contributed by atoms with Crippen molar-refractivity contribution in [2.45, 2.75) is 24.7 Å². The molecule has 1 aliphatic carbocycles. The third kappa shape index (κ3) is 3.15. The van der Waals surface area contributed by atoms with Crippen LogP contribution in [0.5, 0.6) is 0 Å². The van der Waals surface area contributed by atoms with Crippen LogP contribution in [0.4, 0.5) is 4.39 Å². The minimum atomic E-state index is -0.975. The molecule has 0 aromatic heterocycles. The summed E-state index contributed by atoms with van der Waals surface area (Å²) in [5.41, 5.74) is 0.777. The Hall–Kier alpha value is -2.69. The SMILES string of the molecule is O=C(O)c1cccc(CCNC(=O)C2(c3ccccc3F)CC2)c1. The Balaban J connectivity index is 1.61. The van der Waals surface area contributed by atoms with E-state index in [2.05, 4.69) is 5.32 Å². The molecule has 1 aliphatic rings. The Kier molecular flexibility index (Phi) is 4.34. The van der Waals surface area contributed by atoms with Gasteiger partial charge in [0.1, 0.15) is 5.82 Å². The molecule has 4 nitrogen and oxygen atoms in total. The Bertz CT molecular complexity index is 784. The van der Waals surface area contributed by atoms with Gasteiger partial charge in [0.05, 0.1) is 11.0 Å². The van der Waals surface area contributed by atoms with Gasteiger partial charge in [0.2, 0.25) is 5.91 Å². The number of benzene rings is 2. The van der Waals surface area contributed by atoms with Crippen molar-refractivity contribution in [2.24, 2.45) is 0 Å². The fourth-order valence-electron chi connectivity index (χ4n) is 2.94. The maximum atomic E-state index is 14.0. The molecule has 1 fully saturated rings. The van der Waals surface area contributed by atoms with E-state index in [1.807, 2.05) is 6.07 Å². The van der Waals surface area contributed by atoms with Crippen molar-refractivity contribution in [3.05, 3.63) is 71.0 Å². The van der Waals surface area contributed by atoms with Crippen LogP contribution in [0.25, 0.3) is 0 Å². The van der Waals surface area contributed by atoms with Crippen molar-refractivity contribution in [2.75, 3.05) is 6.54 Å². The molecule has 2 aromatic carbocycles. The van der Waals surface area contributed by atoms with Crippen molar-refractivity contribution in [3.8, 4) is 0 Å². The lowest BCUT2D eigenvalue weighted by atomic mass is 9.94. The van der Waals surface area contributed by atoms with Gasteiger partial charge in [-0.15, -0.1) is 0 Å². The number of rotatable bonds is 6. The average Bonchev–Trinajstić information content (AvgIpc) is 3.37. The number of aromatic carboxylic acids is 1. The quantitative estimate of drug-likeness (QED) is 0.857. The lowest BCUT2D eigenvalue weighted by molar-refractivity contribution is -0.123. The van der Waals surface area contributed by atoms with Gasteiger partial charge in [-0.2, -0.15) is 0 Å². The molecule has 124 valence electrons. The van der Waals surface area contributed by atoms with Gasteiger partial charge in [0, 0.05) is 12.1 Å². The van der Waals surface area contributed by atoms with E-state index in [-0.39, 0.29) is 17.3 Å². The van der Waals surface area contributed by atoms with Gasteiger partial charge in [-0.25, -0.2) is 9.18 Å². The molecule has 2 aromatic rings. The largest absolute Gasteiger partial charge is 0.478 e. The first-order valence-corrected chi connectivity index (χ1v) is 7.88. The molecule has 1 saturated carbocycles. The zero-order chi connectivity index (χ0) is 17.2. The summed E-state index contributed by atoms with van der Waals surface area (Å²) in [5, 5.41) is 11.8. The minimum absolute atomic E-state index is 0.165. The highest BCUT2D eigenvalue weighted by Gasteiger charge is 2.52. The number of carbonyl (C=O) groups excluding carboxylic acids is 1. The summed E-state index contributed by atoms with van der Waals surface area (Å²) in [6, 6.07) is 13.0. The third-order valence-corrected chi connectivity index (χ3v) is 4.45. The number of hydrogen-bond donors (Lipinski definition) is 2. The van der Waals surface area contributed by atoms with Crippen LogP contribution in [-0.4, -0.2) is 23.5 Å². The van der Waals surface area contributed by atoms with Gasteiger partial charge in [-0.1, -0.05) is 30.3 Å². The number of halogens is 1. The molecule has 2 N–H and O–H groups in total. The third-order valence-electron chi connectivity index (χ3n) is 4.45. The highest BCUT2D eigenvalue weighted by atomic mass is 19.1. The summed E-state index contributed by atoms with van der Waals surface area (Å²) in [6.45, 7) is 0.387. The van der Waals surface area contributed by atoms with E-state index in [0.29, 0.717) is 31.4 Å². The summed E-state index contributed by atoms with van der Waals surface area (Å²) < 4.78 is 14.0. The number of amides is 1. The Morgan fingerprint density at radius 2 is 1.88 bits per heavy atom. The number of carboxylic acid groups (broad SMARTS) is 1. The Labute approximate surface area is 139 Å². The molecule has 0 aliphatic heterocycles. The van der Waals surface area contributed by atoms with E-state index in [9.17, 15) is 14.0 Å². The smallest absolute Gasteiger partial charge is 0.335 e. The number of carbonyl (C=O) groups is 2. The normalized spacial score (nSPS) is 14.9. The zero-order valence-corrected chi connectivity index (χ0v) is 13.1. The topological polar surface area (TPSA) is 66.4 Å². The lowest BCUT2D eigenvalue weighted by Gasteiger charge is -2.16. The second-order valence-corrected chi connectivity index (χ2v) is 6.07. The van der Waals surface area contributed by atoms with Crippen LogP contribution in [0.3, 0.4) is 0 Å². The van der Waals surface area contributed by atoms with Crippen LogP contribution in [0, 0.1) is 5.82 Å². The monoisotopic (exact) mass is 327 g/mol. The average molecular weight is 327 g/mol. The fourth-order valence-corrected chi connectivity index (χ4v) is 2.94. The van der Waals surface area contributed by atoms with Crippen molar-refractivity contribution >= 4 is 11.9 Å². The molecule has 24 heavy (non-hydrogen) atoms. The Morgan fingerprint density at radius 3 is 2.54 bits per heavy atom. The molecule has 0 radical (unpaired) electrons. The van der Waals surface area contributed by atoms with Gasteiger partial charge in [-0.05, 0) is 43.0 Å². The first-order valence-electron chi connectivity index (χ1n) is 7.88. The van der Waals surface area contributed by atoms with Crippen LogP contribution >= 0.6 is 0 Å². The lowest BCUT2D eigenvalue weighted by Crippen LogP contribution is -2.36. The summed E-state index contributed by atoms with van der Waals surface area (Å²) in [4.78, 5) is 23.4. The highest BCUT2D eigenvalue weighted by Crippen LogP contribution is 2.49. The molecular weight excluding hydrogens is 309 g/mol. The van der Waals surface area contributed by atoms with Crippen LogP contribution in [0.1, 0.15) is 34.3 Å². The Morgan fingerprint density at radius 1 is 1.12 bits per heavy atom. The summed E-state index contributed by atoms with van der Waals surface area (Å²) >= 11 is 0. The van der Waals surface area contributed by atoms with E-state index >= 15 is 0 Å². The van der Waals surface area contributed by atoms with Crippen LogP contribution in [-0.2, 0) is 16.6 Å². The maximum absolute atomic E-state index is 14.0. The molecule has 0 unspecified atom stereocenters. The molecule has 0 saturated heterocycles. The predicted octanol–water partition coefficient (Wildman–Crippen LogP) is 2.91. The second-order valence-electron chi connectivity index (χ2n) is 6.07. The first-order chi connectivity index (χ1) is 11.5. The van der Waals surface area contributed by atoms with Crippen molar-refractivity contribution in [1.82, 2.24) is 5.32 Å². The fraction of sp³-hybridized carbons (Fsp3) is 0.263. The molecule has 5 heteroatoms. The summed E-state index contributed by atoms with van der Waals surface area (Å²) in [7, 11) is 0. The minimum Gasteiger partial charge on any atom is -0.478 e. The van der Waals surface area contributed by atoms with Gasteiger partial charge in [-0.3, -0.25) is 4.79 Å². The number of carboxylic acids is 1. The molecule has 0 heterocycles. The molecule has 0 spiro atoms. The molecular formula is C19H18FNO3. The first kappa shape index (κ1) is 16.2. The van der Waals surface area contributed by atoms with Crippen molar-refractivity contribution in [1.29, 1.82) is 0 Å². The van der Waals surface area contributed by atoms with Crippen molar-refractivity contribution < 1.29 is 19.1 Å². The van der Waals surface area contributed by atoms with Gasteiger partial charge < -0.3 is 10.4 Å². The van der Waals surface area contributed by atoms with Crippen LogP contribution < -0.4 is 5.32 Å². The maximum Gasteiger partial charge on any atom is 0.335 e. The molecule has 1 amide bonds. The van der Waals surface area contributed by atoms with Crippen molar-refractivity contribution in [3.63, 3.8) is 0 Å². The van der Waals surface area contributed by atoms with E-state index < -0.39 is 11.4 Å². The standard InChI is InChI=1S/C19H18FNO3/c20-16-7-2-1-6-15(16)19(9-10-19)18(24)21-11-8-13-4-3-5-14(12-13)17(22)23/h1-7,12H,8-11H2,(H,21,24)(H,22,23). The summed E-state index contributed by atoms with van der Waals surface area (Å²) in [6.07, 6.45) is 1.82. The highest BCUT2D eigenvalue weighted by molar-refractivity contribution is 5.91. The van der Waals surface area contributed by atoms with Gasteiger partial charge >= 0.3 is 5.97 Å². The predicted molar refractivity (Wildman–Crippen MR) is 87.4 cm³/mol. The van der Waals surface area contributed by atoms with E-state index in [1.54, 1.807) is 30.3 Å². The number of nitrogens with one attached hydrogen (secondary N) is 1. The molecule has 3 rings (SSSR count). The van der Waals surface area contributed by atoms with Crippen LogP contribution in [0.15, 0.2) is 48.5 Å². The van der Waals surface area contributed by atoms with E-state index in [0.717, 1.165) is 5.56 Å². The second kappa shape index (κ2) is 6.43. The van der Waals surface area contributed by atoms with E-state index in [1.165, 1.54) is 12.1 Å². The zero-order valence-electron chi connectivity index (χ0n) is 13.1. The molecule has 0 atom stereocenters. The van der Waals surface area contributed by atoms with Gasteiger partial charge in [0.25, 0.3) is 0 Å².